The Hall–Kier alpha value is -4.71. The number of carboxylic acid groups (broad SMARTS) is 1. The van der Waals surface area contributed by atoms with Crippen molar-refractivity contribution < 1.29 is 33.7 Å². The number of carbonyl (C=O) groups is 3. The van der Waals surface area contributed by atoms with Gasteiger partial charge in [-0.05, 0) is 128 Å². The predicted octanol–water partition coefficient (Wildman–Crippen LogP) is 9.06. The molecule has 0 aliphatic heterocycles. The molecule has 56 heavy (non-hydrogen) atoms. The number of likely N-dealkylation sites (N-methyl/N-ethyl adjacent to an activating group) is 1. The van der Waals surface area contributed by atoms with Crippen molar-refractivity contribution in [1.82, 2.24) is 24.6 Å². The van der Waals surface area contributed by atoms with Crippen molar-refractivity contribution in [1.29, 1.82) is 0 Å². The van der Waals surface area contributed by atoms with E-state index in [-0.39, 0.29) is 39.2 Å². The standard InChI is InChI=1S/C44H57N5O7/c1-27-31(29-14-15-32(46-35(29)37(52)55-39(2,3)4)33-18-28-12-11-13-30(36(50)51)34(28)47-33)19-45-49(27)26-43-21-41(8)20-42(9,22-43)24-44(23-41,25-43)54-17-16-48(10)38(53)56-40(5,6)7/h11-15,18-19,47H,16-17,20-26H2,1-10H3,(H,50,51). The largest absolute Gasteiger partial charge is 0.478 e. The highest BCUT2D eigenvalue weighted by Gasteiger charge is 2.66. The van der Waals surface area contributed by atoms with Crippen molar-refractivity contribution >= 4 is 28.9 Å². The van der Waals surface area contributed by atoms with Crippen LogP contribution in [0.15, 0.2) is 42.6 Å². The van der Waals surface area contributed by atoms with Crippen LogP contribution in [0.2, 0.25) is 0 Å². The average molecular weight is 768 g/mol. The van der Waals surface area contributed by atoms with Crippen LogP contribution in [-0.4, -0.2) is 84.8 Å². The van der Waals surface area contributed by atoms with Gasteiger partial charge in [-0.3, -0.25) is 4.68 Å². The Balaban J connectivity index is 1.18. The molecule has 8 rings (SSSR count). The van der Waals surface area contributed by atoms with Gasteiger partial charge >= 0.3 is 18.0 Å². The molecule has 4 aliphatic rings. The van der Waals surface area contributed by atoms with Crippen LogP contribution in [0.3, 0.4) is 0 Å². The van der Waals surface area contributed by atoms with Gasteiger partial charge < -0.3 is 29.2 Å². The Morgan fingerprint density at radius 3 is 2.23 bits per heavy atom. The maximum absolute atomic E-state index is 13.9. The second-order valence-electron chi connectivity index (χ2n) is 19.8. The summed E-state index contributed by atoms with van der Waals surface area (Å²) in [5.74, 6) is -1.58. The Kier molecular flexibility index (Phi) is 9.50. The van der Waals surface area contributed by atoms with Crippen molar-refractivity contribution in [2.24, 2.45) is 16.2 Å². The molecule has 3 aromatic heterocycles. The maximum atomic E-state index is 13.9. The number of amides is 1. The lowest BCUT2D eigenvalue weighted by atomic mass is 9.39. The third-order valence-electron chi connectivity index (χ3n) is 11.7. The quantitative estimate of drug-likeness (QED) is 0.151. The summed E-state index contributed by atoms with van der Waals surface area (Å²) in [4.78, 5) is 48.1. The molecular weight excluding hydrogens is 711 g/mol. The number of para-hydroxylation sites is 1. The van der Waals surface area contributed by atoms with Gasteiger partial charge in [0.1, 0.15) is 11.2 Å². The molecule has 4 fully saturated rings. The molecule has 4 bridgehead atoms. The first-order chi connectivity index (χ1) is 26.0. The highest BCUT2D eigenvalue weighted by atomic mass is 16.6. The van der Waals surface area contributed by atoms with Gasteiger partial charge in [-0.2, -0.15) is 5.10 Å². The smallest absolute Gasteiger partial charge is 0.410 e. The number of rotatable bonds is 10. The minimum Gasteiger partial charge on any atom is -0.478 e. The van der Waals surface area contributed by atoms with Crippen LogP contribution in [0, 0.1) is 23.2 Å². The summed E-state index contributed by atoms with van der Waals surface area (Å²) < 4.78 is 20.4. The summed E-state index contributed by atoms with van der Waals surface area (Å²) in [5.41, 5.74) is 2.86. The Labute approximate surface area is 329 Å². The zero-order chi connectivity index (χ0) is 40.6. The fourth-order valence-electron chi connectivity index (χ4n) is 10.9. The van der Waals surface area contributed by atoms with Crippen LogP contribution in [-0.2, 0) is 20.8 Å². The molecule has 0 saturated heterocycles. The molecule has 1 aromatic carbocycles. The number of hydrogen-bond donors (Lipinski definition) is 2. The molecule has 2 N–H and O–H groups in total. The number of aromatic amines is 1. The number of nitrogens with one attached hydrogen (secondary N) is 1. The van der Waals surface area contributed by atoms with Gasteiger partial charge in [-0.1, -0.05) is 26.0 Å². The van der Waals surface area contributed by atoms with Crippen LogP contribution in [0.1, 0.15) is 120 Å². The van der Waals surface area contributed by atoms with Crippen molar-refractivity contribution in [3.63, 3.8) is 0 Å². The molecule has 1 amide bonds. The molecule has 2 atom stereocenters. The lowest BCUT2D eigenvalue weighted by Gasteiger charge is -2.69. The molecule has 300 valence electrons. The zero-order valence-corrected chi connectivity index (χ0v) is 34.6. The number of hydrogen-bond acceptors (Lipinski definition) is 8. The number of pyridine rings is 1. The molecule has 3 heterocycles. The predicted molar refractivity (Wildman–Crippen MR) is 214 cm³/mol. The van der Waals surface area contributed by atoms with Crippen LogP contribution in [0.25, 0.3) is 33.4 Å². The van der Waals surface area contributed by atoms with E-state index in [2.05, 4.69) is 23.5 Å². The van der Waals surface area contributed by atoms with Crippen molar-refractivity contribution in [3.8, 4) is 22.5 Å². The summed E-state index contributed by atoms with van der Waals surface area (Å²) in [5, 5.41) is 15.4. The van der Waals surface area contributed by atoms with E-state index in [1.165, 1.54) is 6.42 Å². The first-order valence-corrected chi connectivity index (χ1v) is 19.7. The highest BCUT2D eigenvalue weighted by Crippen LogP contribution is 2.72. The van der Waals surface area contributed by atoms with Crippen molar-refractivity contribution in [3.05, 3.63) is 59.5 Å². The molecule has 0 spiro atoms. The number of fused-ring (bicyclic) bond motifs is 1. The molecule has 4 aliphatic carbocycles. The van der Waals surface area contributed by atoms with Gasteiger partial charge in [0.25, 0.3) is 0 Å². The number of carbonyl (C=O) groups excluding carboxylic acids is 2. The minimum atomic E-state index is -1.03. The summed E-state index contributed by atoms with van der Waals surface area (Å²) in [6.45, 7) is 19.6. The van der Waals surface area contributed by atoms with Crippen molar-refractivity contribution in [2.45, 2.75) is 124 Å². The average Bonchev–Trinajstić information content (AvgIpc) is 3.64. The van der Waals surface area contributed by atoms with Gasteiger partial charge in [0.05, 0.1) is 40.9 Å². The number of nitrogens with zero attached hydrogens (tertiary/aromatic N) is 4. The molecule has 0 radical (unpaired) electrons. The molecule has 4 aromatic rings. The number of benzene rings is 1. The lowest BCUT2D eigenvalue weighted by molar-refractivity contribution is -0.248. The van der Waals surface area contributed by atoms with Crippen molar-refractivity contribution in [2.75, 3.05) is 20.2 Å². The fraction of sp³-hybridized carbons (Fsp3) is 0.568. The number of ether oxygens (including phenoxy) is 3. The number of carboxylic acids is 1. The SMILES string of the molecule is Cc1c(-c2ccc(-c3cc4cccc(C(=O)O)c4[nH]3)nc2C(=O)OC(C)(C)C)cnn1CC12CC3(C)CC(C)(C1)CC(OCCN(C)C(=O)OC(C)(C)C)(C3)C2. The second-order valence-corrected chi connectivity index (χ2v) is 19.8. The number of aromatic carboxylic acids is 1. The van der Waals surface area contributed by atoms with Crippen LogP contribution < -0.4 is 0 Å². The van der Waals surface area contributed by atoms with Gasteiger partial charge in [-0.15, -0.1) is 0 Å². The van der Waals surface area contributed by atoms with Crippen LogP contribution in [0.5, 0.6) is 0 Å². The third kappa shape index (κ3) is 7.81. The summed E-state index contributed by atoms with van der Waals surface area (Å²) >= 11 is 0. The van der Waals surface area contributed by atoms with E-state index in [0.717, 1.165) is 55.3 Å². The fourth-order valence-corrected chi connectivity index (χ4v) is 10.9. The van der Waals surface area contributed by atoms with Gasteiger partial charge in [0.2, 0.25) is 0 Å². The summed E-state index contributed by atoms with van der Waals surface area (Å²) in [7, 11) is 1.76. The van der Waals surface area contributed by atoms with E-state index in [9.17, 15) is 19.5 Å². The van der Waals surface area contributed by atoms with E-state index in [1.54, 1.807) is 24.1 Å². The second kappa shape index (κ2) is 13.5. The molecular formula is C44H57N5O7. The topological polar surface area (TPSA) is 149 Å². The Bertz CT molecular complexity index is 2190. The monoisotopic (exact) mass is 767 g/mol. The molecule has 12 heteroatoms. The zero-order valence-electron chi connectivity index (χ0n) is 34.6. The summed E-state index contributed by atoms with van der Waals surface area (Å²) in [6, 6.07) is 10.7. The van der Waals surface area contributed by atoms with Crippen LogP contribution in [0.4, 0.5) is 4.79 Å². The minimum absolute atomic E-state index is 0.0378. The summed E-state index contributed by atoms with van der Waals surface area (Å²) in [6.07, 6.45) is 7.73. The third-order valence-corrected chi connectivity index (χ3v) is 11.7. The lowest BCUT2D eigenvalue weighted by Crippen LogP contribution is -2.64. The Morgan fingerprint density at radius 2 is 1.59 bits per heavy atom. The molecule has 12 nitrogen and oxygen atoms in total. The van der Waals surface area contributed by atoms with Crippen LogP contribution >= 0.6 is 0 Å². The van der Waals surface area contributed by atoms with E-state index >= 15 is 0 Å². The van der Waals surface area contributed by atoms with Gasteiger partial charge in [-0.25, -0.2) is 19.4 Å². The highest BCUT2D eigenvalue weighted by molar-refractivity contribution is 6.03. The number of esters is 1. The number of aromatic nitrogens is 4. The van der Waals surface area contributed by atoms with Gasteiger partial charge in [0.15, 0.2) is 5.69 Å². The van der Waals surface area contributed by atoms with E-state index in [1.807, 2.05) is 78.9 Å². The van der Waals surface area contributed by atoms with Gasteiger partial charge in [0, 0.05) is 42.3 Å². The van der Waals surface area contributed by atoms with E-state index in [0.29, 0.717) is 35.6 Å². The van der Waals surface area contributed by atoms with E-state index in [4.69, 9.17) is 24.3 Å². The first kappa shape index (κ1) is 39.5. The number of H-pyrrole nitrogens is 1. The van der Waals surface area contributed by atoms with E-state index < -0.39 is 23.1 Å². The molecule has 2 unspecified atom stereocenters. The normalized spacial score (nSPS) is 25.8. The molecule has 4 saturated carbocycles. The Morgan fingerprint density at radius 1 is 0.911 bits per heavy atom. The first-order valence-electron chi connectivity index (χ1n) is 19.7. The maximum Gasteiger partial charge on any atom is 0.410 e.